The molecule has 0 aromatic heterocycles. The number of benzene rings is 2. The molecule has 2 rings (SSSR count). The van der Waals surface area contributed by atoms with Crippen molar-refractivity contribution < 1.29 is 22.7 Å². The number of nitrogens with one attached hydrogen (secondary N) is 1. The molecular formula is C18H17Cl3N2O5S. The van der Waals surface area contributed by atoms with Crippen molar-refractivity contribution in [3.8, 4) is 0 Å². The predicted molar refractivity (Wildman–Crippen MR) is 115 cm³/mol. The molecule has 0 aliphatic heterocycles. The molecule has 0 aliphatic carbocycles. The van der Waals surface area contributed by atoms with E-state index in [2.05, 4.69) is 5.32 Å². The number of carbonyl (C=O) groups is 2. The van der Waals surface area contributed by atoms with Gasteiger partial charge in [0, 0.05) is 5.69 Å². The lowest BCUT2D eigenvalue weighted by Gasteiger charge is -2.22. The number of ether oxygens (including phenoxy) is 1. The van der Waals surface area contributed by atoms with Crippen molar-refractivity contribution in [3.63, 3.8) is 0 Å². The molecule has 0 radical (unpaired) electrons. The maximum atomic E-state index is 12.4. The molecule has 0 bridgehead atoms. The lowest BCUT2D eigenvalue weighted by molar-refractivity contribution is -0.114. The Kier molecular flexibility index (Phi) is 7.76. The Labute approximate surface area is 183 Å². The Hall–Kier alpha value is -2.00. The van der Waals surface area contributed by atoms with E-state index in [1.54, 1.807) is 6.92 Å². The molecule has 2 aromatic carbocycles. The summed E-state index contributed by atoms with van der Waals surface area (Å²) < 4.78 is 30.1. The van der Waals surface area contributed by atoms with Crippen LogP contribution in [0.2, 0.25) is 15.1 Å². The Balaban J connectivity index is 2.19. The van der Waals surface area contributed by atoms with E-state index in [-0.39, 0.29) is 38.6 Å². The molecule has 29 heavy (non-hydrogen) atoms. The van der Waals surface area contributed by atoms with Gasteiger partial charge in [-0.2, -0.15) is 0 Å². The number of anilines is 2. The average Bonchev–Trinajstić information content (AvgIpc) is 2.61. The van der Waals surface area contributed by atoms with Crippen LogP contribution in [0.25, 0.3) is 0 Å². The van der Waals surface area contributed by atoms with Crippen molar-refractivity contribution in [2.75, 3.05) is 29.0 Å². The molecule has 0 unspecified atom stereocenters. The number of carbonyl (C=O) groups excluding carboxylic acids is 2. The van der Waals surface area contributed by atoms with E-state index < -0.39 is 28.4 Å². The first-order chi connectivity index (χ1) is 13.5. The zero-order valence-corrected chi connectivity index (χ0v) is 18.5. The number of esters is 1. The summed E-state index contributed by atoms with van der Waals surface area (Å²) in [6.45, 7) is 1.36. The maximum Gasteiger partial charge on any atom is 0.339 e. The van der Waals surface area contributed by atoms with Crippen LogP contribution in [-0.4, -0.2) is 39.7 Å². The predicted octanol–water partition coefficient (Wildman–Crippen LogP) is 4.23. The van der Waals surface area contributed by atoms with Crippen LogP contribution in [0, 0.1) is 0 Å². The standard InChI is InChI=1S/C18H17Cl3N2O5S/c1-3-28-18(25)13-6-4-11(8-15(13)20)22-17(24)10-23(29(2,26)27)12-5-7-14(19)16(21)9-12/h4-9H,3,10H2,1-2H3,(H,22,24). The monoisotopic (exact) mass is 478 g/mol. The smallest absolute Gasteiger partial charge is 0.339 e. The summed E-state index contributed by atoms with van der Waals surface area (Å²) >= 11 is 17.9. The lowest BCUT2D eigenvalue weighted by atomic mass is 10.2. The van der Waals surface area contributed by atoms with Gasteiger partial charge < -0.3 is 10.1 Å². The van der Waals surface area contributed by atoms with Crippen LogP contribution in [0.5, 0.6) is 0 Å². The minimum Gasteiger partial charge on any atom is -0.462 e. The average molecular weight is 480 g/mol. The van der Waals surface area contributed by atoms with Gasteiger partial charge in [-0.15, -0.1) is 0 Å². The Bertz CT molecular complexity index is 1040. The van der Waals surface area contributed by atoms with E-state index in [1.165, 1.54) is 36.4 Å². The molecule has 0 aliphatic rings. The normalized spacial score (nSPS) is 11.1. The van der Waals surface area contributed by atoms with Gasteiger partial charge in [-0.25, -0.2) is 13.2 Å². The van der Waals surface area contributed by atoms with Crippen LogP contribution in [0.15, 0.2) is 36.4 Å². The number of amides is 1. The van der Waals surface area contributed by atoms with Gasteiger partial charge in [0.2, 0.25) is 15.9 Å². The van der Waals surface area contributed by atoms with Gasteiger partial charge in [0.25, 0.3) is 0 Å². The van der Waals surface area contributed by atoms with E-state index in [1.807, 2.05) is 0 Å². The second-order valence-corrected chi connectivity index (χ2v) is 8.96. The third kappa shape index (κ3) is 6.24. The molecule has 0 saturated carbocycles. The summed E-state index contributed by atoms with van der Waals surface area (Å²) in [5.41, 5.74) is 0.628. The fourth-order valence-electron chi connectivity index (χ4n) is 2.34. The summed E-state index contributed by atoms with van der Waals surface area (Å²) in [5.74, 6) is -1.21. The van der Waals surface area contributed by atoms with Crippen LogP contribution >= 0.6 is 34.8 Å². The maximum absolute atomic E-state index is 12.4. The van der Waals surface area contributed by atoms with E-state index in [9.17, 15) is 18.0 Å². The second kappa shape index (κ2) is 9.67. The van der Waals surface area contributed by atoms with Crippen LogP contribution in [0.3, 0.4) is 0 Å². The highest BCUT2D eigenvalue weighted by Gasteiger charge is 2.22. The zero-order chi connectivity index (χ0) is 21.8. The quantitative estimate of drug-likeness (QED) is 0.600. The van der Waals surface area contributed by atoms with Gasteiger partial charge in [-0.05, 0) is 43.3 Å². The molecule has 1 N–H and O–H groups in total. The molecule has 0 heterocycles. The van der Waals surface area contributed by atoms with Gasteiger partial charge in [0.15, 0.2) is 0 Å². The van der Waals surface area contributed by atoms with Crippen LogP contribution in [0.4, 0.5) is 11.4 Å². The largest absolute Gasteiger partial charge is 0.462 e. The van der Waals surface area contributed by atoms with Gasteiger partial charge in [0.1, 0.15) is 6.54 Å². The molecule has 0 saturated heterocycles. The Morgan fingerprint density at radius 1 is 1.03 bits per heavy atom. The summed E-state index contributed by atoms with van der Waals surface area (Å²) in [6.07, 6.45) is 0.966. The molecule has 0 atom stereocenters. The number of rotatable bonds is 7. The van der Waals surface area contributed by atoms with Crippen molar-refractivity contribution in [1.29, 1.82) is 0 Å². The van der Waals surface area contributed by atoms with E-state index in [0.717, 1.165) is 10.6 Å². The van der Waals surface area contributed by atoms with Crippen molar-refractivity contribution in [2.45, 2.75) is 6.92 Å². The number of hydrogen-bond donors (Lipinski definition) is 1. The first-order valence-corrected chi connectivity index (χ1v) is 11.2. The first kappa shape index (κ1) is 23.3. The molecule has 0 fully saturated rings. The van der Waals surface area contributed by atoms with Crippen molar-refractivity contribution in [1.82, 2.24) is 0 Å². The van der Waals surface area contributed by atoms with Crippen LogP contribution < -0.4 is 9.62 Å². The van der Waals surface area contributed by atoms with Gasteiger partial charge in [0.05, 0.1) is 39.2 Å². The van der Waals surface area contributed by atoms with Gasteiger partial charge in [-0.3, -0.25) is 9.10 Å². The zero-order valence-electron chi connectivity index (χ0n) is 15.4. The summed E-state index contributed by atoms with van der Waals surface area (Å²) in [7, 11) is -3.78. The third-order valence-electron chi connectivity index (χ3n) is 3.63. The molecular weight excluding hydrogens is 463 g/mol. The van der Waals surface area contributed by atoms with E-state index in [0.29, 0.717) is 0 Å². The minimum absolute atomic E-state index is 0.0886. The number of sulfonamides is 1. The highest BCUT2D eigenvalue weighted by Crippen LogP contribution is 2.28. The highest BCUT2D eigenvalue weighted by molar-refractivity contribution is 7.92. The second-order valence-electron chi connectivity index (χ2n) is 5.83. The lowest BCUT2D eigenvalue weighted by Crippen LogP contribution is -2.37. The molecule has 2 aromatic rings. The molecule has 11 heteroatoms. The van der Waals surface area contributed by atoms with Gasteiger partial charge in [-0.1, -0.05) is 34.8 Å². The molecule has 0 spiro atoms. The summed E-state index contributed by atoms with van der Waals surface area (Å²) in [5, 5.41) is 3.03. The number of hydrogen-bond acceptors (Lipinski definition) is 5. The Morgan fingerprint density at radius 3 is 2.28 bits per heavy atom. The third-order valence-corrected chi connectivity index (χ3v) is 5.82. The van der Waals surface area contributed by atoms with E-state index >= 15 is 0 Å². The minimum atomic E-state index is -3.78. The molecule has 1 amide bonds. The number of nitrogens with zero attached hydrogens (tertiary/aromatic N) is 1. The number of halogens is 3. The van der Waals surface area contributed by atoms with Crippen molar-refractivity contribution in [2.24, 2.45) is 0 Å². The SMILES string of the molecule is CCOC(=O)c1ccc(NC(=O)CN(c2ccc(Cl)c(Cl)c2)S(C)(=O)=O)cc1Cl. The summed E-state index contributed by atoms with van der Waals surface area (Å²) in [4.78, 5) is 24.2. The van der Waals surface area contributed by atoms with Crippen LogP contribution in [-0.2, 0) is 19.6 Å². The Morgan fingerprint density at radius 2 is 1.72 bits per heavy atom. The molecule has 7 nitrogen and oxygen atoms in total. The molecule has 156 valence electrons. The van der Waals surface area contributed by atoms with Crippen molar-refractivity contribution >= 4 is 68.1 Å². The van der Waals surface area contributed by atoms with E-state index in [4.69, 9.17) is 39.5 Å². The summed E-state index contributed by atoms with van der Waals surface area (Å²) in [6, 6.07) is 8.46. The fourth-order valence-corrected chi connectivity index (χ4v) is 3.74. The highest BCUT2D eigenvalue weighted by atomic mass is 35.5. The first-order valence-electron chi connectivity index (χ1n) is 8.22. The fraction of sp³-hybridized carbons (Fsp3) is 0.222. The van der Waals surface area contributed by atoms with Crippen molar-refractivity contribution in [3.05, 3.63) is 57.0 Å². The van der Waals surface area contributed by atoms with Gasteiger partial charge >= 0.3 is 5.97 Å². The topological polar surface area (TPSA) is 92.8 Å². The van der Waals surface area contributed by atoms with Crippen LogP contribution in [0.1, 0.15) is 17.3 Å².